The minimum Gasteiger partial charge on any atom is -0.313 e. The number of nitrogens with one attached hydrogen (secondary N) is 1. The van der Waals surface area contributed by atoms with Crippen molar-refractivity contribution in [1.82, 2.24) is 5.32 Å². The third kappa shape index (κ3) is 2.04. The molecule has 94 valence electrons. The molecule has 0 radical (unpaired) electrons. The van der Waals surface area contributed by atoms with Gasteiger partial charge in [0.25, 0.3) is 0 Å². The summed E-state index contributed by atoms with van der Waals surface area (Å²) in [5.41, 5.74) is 1.45. The molecule has 2 atom stereocenters. The summed E-state index contributed by atoms with van der Waals surface area (Å²) in [6, 6.07) is 15.8. The Morgan fingerprint density at radius 3 is 2.50 bits per heavy atom. The van der Waals surface area contributed by atoms with Crippen LogP contribution in [0.4, 0.5) is 0 Å². The van der Waals surface area contributed by atoms with Gasteiger partial charge in [0.15, 0.2) is 0 Å². The summed E-state index contributed by atoms with van der Waals surface area (Å²) >= 11 is 0. The molecule has 1 nitrogen and oxygen atoms in total. The van der Waals surface area contributed by atoms with Crippen LogP contribution in [0, 0.1) is 11.8 Å². The average Bonchev–Trinajstić information content (AvgIpc) is 3.24. The van der Waals surface area contributed by atoms with Crippen LogP contribution in [0.5, 0.6) is 0 Å². The van der Waals surface area contributed by atoms with Gasteiger partial charge >= 0.3 is 0 Å². The molecule has 2 unspecified atom stereocenters. The molecule has 18 heavy (non-hydrogen) atoms. The molecular formula is C17H21N. The predicted molar refractivity (Wildman–Crippen MR) is 77.6 cm³/mol. The van der Waals surface area contributed by atoms with Crippen molar-refractivity contribution in [1.29, 1.82) is 0 Å². The first-order chi connectivity index (χ1) is 8.81. The molecule has 0 spiro atoms. The molecule has 1 aliphatic rings. The molecule has 0 amide bonds. The SMILES string of the molecule is CNC(c1cccc2ccccc12)C(C)C1CC1. The highest BCUT2D eigenvalue weighted by atomic mass is 14.9. The predicted octanol–water partition coefficient (Wildman–Crippen LogP) is 4.15. The highest BCUT2D eigenvalue weighted by molar-refractivity contribution is 5.86. The second-order valence-corrected chi connectivity index (χ2v) is 5.53. The molecule has 1 N–H and O–H groups in total. The standard InChI is InChI=1S/C17H21N/c1-12(13-10-11-13)17(18-2)16-9-5-7-14-6-3-4-8-15(14)16/h3-9,12-13,17-18H,10-11H2,1-2H3. The van der Waals surface area contributed by atoms with E-state index in [1.807, 2.05) is 0 Å². The van der Waals surface area contributed by atoms with E-state index in [9.17, 15) is 0 Å². The molecule has 2 aromatic carbocycles. The number of benzene rings is 2. The lowest BCUT2D eigenvalue weighted by atomic mass is 9.88. The Morgan fingerprint density at radius 2 is 1.78 bits per heavy atom. The van der Waals surface area contributed by atoms with Crippen molar-refractivity contribution in [2.24, 2.45) is 11.8 Å². The maximum Gasteiger partial charge on any atom is 0.0352 e. The van der Waals surface area contributed by atoms with Crippen LogP contribution < -0.4 is 5.32 Å². The number of hydrogen-bond donors (Lipinski definition) is 1. The van der Waals surface area contributed by atoms with Crippen molar-refractivity contribution < 1.29 is 0 Å². The summed E-state index contributed by atoms with van der Waals surface area (Å²) < 4.78 is 0. The van der Waals surface area contributed by atoms with Crippen LogP contribution in [0.3, 0.4) is 0 Å². The van der Waals surface area contributed by atoms with Crippen LogP contribution in [0.25, 0.3) is 10.8 Å². The average molecular weight is 239 g/mol. The lowest BCUT2D eigenvalue weighted by molar-refractivity contribution is 0.371. The van der Waals surface area contributed by atoms with Crippen LogP contribution in [-0.4, -0.2) is 7.05 Å². The number of fused-ring (bicyclic) bond motifs is 1. The van der Waals surface area contributed by atoms with E-state index in [2.05, 4.69) is 61.8 Å². The first-order valence-electron chi connectivity index (χ1n) is 6.96. The van der Waals surface area contributed by atoms with Gasteiger partial charge in [-0.15, -0.1) is 0 Å². The topological polar surface area (TPSA) is 12.0 Å². The number of rotatable bonds is 4. The summed E-state index contributed by atoms with van der Waals surface area (Å²) in [5.74, 6) is 1.64. The van der Waals surface area contributed by atoms with E-state index >= 15 is 0 Å². The van der Waals surface area contributed by atoms with Crippen LogP contribution in [-0.2, 0) is 0 Å². The first kappa shape index (κ1) is 11.7. The fourth-order valence-corrected chi connectivity index (χ4v) is 3.12. The molecule has 3 rings (SSSR count). The molecule has 0 saturated heterocycles. The summed E-state index contributed by atoms with van der Waals surface area (Å²) in [4.78, 5) is 0. The quantitative estimate of drug-likeness (QED) is 0.845. The third-order valence-electron chi connectivity index (χ3n) is 4.36. The fraction of sp³-hybridized carbons (Fsp3) is 0.412. The normalized spacial score (nSPS) is 18.8. The fourth-order valence-electron chi connectivity index (χ4n) is 3.12. The Labute approximate surface area is 109 Å². The van der Waals surface area contributed by atoms with Crippen LogP contribution in [0.2, 0.25) is 0 Å². The lowest BCUT2D eigenvalue weighted by Crippen LogP contribution is -2.24. The van der Waals surface area contributed by atoms with Crippen molar-refractivity contribution in [3.05, 3.63) is 48.0 Å². The molecule has 0 aromatic heterocycles. The molecule has 1 heteroatoms. The van der Waals surface area contributed by atoms with E-state index in [4.69, 9.17) is 0 Å². The zero-order valence-electron chi connectivity index (χ0n) is 11.2. The van der Waals surface area contributed by atoms with Gasteiger partial charge in [-0.25, -0.2) is 0 Å². The van der Waals surface area contributed by atoms with E-state index in [0.717, 1.165) is 11.8 Å². The highest BCUT2D eigenvalue weighted by Gasteiger charge is 2.33. The smallest absolute Gasteiger partial charge is 0.0352 e. The zero-order valence-corrected chi connectivity index (χ0v) is 11.2. The molecule has 0 bridgehead atoms. The Kier molecular flexibility index (Phi) is 3.09. The van der Waals surface area contributed by atoms with Crippen molar-refractivity contribution in [3.8, 4) is 0 Å². The van der Waals surface area contributed by atoms with Gasteiger partial charge in [0.1, 0.15) is 0 Å². The van der Waals surface area contributed by atoms with Gasteiger partial charge in [0.05, 0.1) is 0 Å². The summed E-state index contributed by atoms with van der Waals surface area (Å²) in [5, 5.41) is 6.27. The van der Waals surface area contributed by atoms with Crippen LogP contribution in [0.15, 0.2) is 42.5 Å². The van der Waals surface area contributed by atoms with E-state index in [1.54, 1.807) is 0 Å². The van der Waals surface area contributed by atoms with E-state index in [0.29, 0.717) is 6.04 Å². The van der Waals surface area contributed by atoms with E-state index in [-0.39, 0.29) is 0 Å². The van der Waals surface area contributed by atoms with Crippen molar-refractivity contribution in [3.63, 3.8) is 0 Å². The summed E-state index contributed by atoms with van der Waals surface area (Å²) in [7, 11) is 2.09. The van der Waals surface area contributed by atoms with Gasteiger partial charge in [-0.1, -0.05) is 49.4 Å². The molecule has 0 aliphatic heterocycles. The lowest BCUT2D eigenvalue weighted by Gasteiger charge is -2.25. The van der Waals surface area contributed by atoms with Crippen molar-refractivity contribution >= 4 is 10.8 Å². The van der Waals surface area contributed by atoms with Gasteiger partial charge in [-0.2, -0.15) is 0 Å². The molecule has 1 fully saturated rings. The number of hydrogen-bond acceptors (Lipinski definition) is 1. The summed E-state index contributed by atoms with van der Waals surface area (Å²) in [6.45, 7) is 2.39. The molecule has 1 saturated carbocycles. The van der Waals surface area contributed by atoms with Crippen molar-refractivity contribution in [2.45, 2.75) is 25.8 Å². The molecule has 2 aromatic rings. The van der Waals surface area contributed by atoms with Gasteiger partial charge in [0.2, 0.25) is 0 Å². The van der Waals surface area contributed by atoms with Gasteiger partial charge in [0, 0.05) is 6.04 Å². The molecular weight excluding hydrogens is 218 g/mol. The second kappa shape index (κ2) is 4.74. The minimum absolute atomic E-state index is 0.476. The second-order valence-electron chi connectivity index (χ2n) is 5.53. The van der Waals surface area contributed by atoms with Gasteiger partial charge in [-0.3, -0.25) is 0 Å². The maximum atomic E-state index is 3.53. The third-order valence-corrected chi connectivity index (χ3v) is 4.36. The maximum absolute atomic E-state index is 3.53. The Hall–Kier alpha value is -1.34. The zero-order chi connectivity index (χ0) is 12.5. The van der Waals surface area contributed by atoms with E-state index < -0.39 is 0 Å². The van der Waals surface area contributed by atoms with Gasteiger partial charge in [-0.05, 0) is 48.1 Å². The Morgan fingerprint density at radius 1 is 1.06 bits per heavy atom. The highest BCUT2D eigenvalue weighted by Crippen LogP contribution is 2.43. The van der Waals surface area contributed by atoms with E-state index in [1.165, 1.54) is 29.2 Å². The minimum atomic E-state index is 0.476. The monoisotopic (exact) mass is 239 g/mol. The Balaban J connectivity index is 2.05. The Bertz CT molecular complexity index is 537. The largest absolute Gasteiger partial charge is 0.313 e. The summed E-state index contributed by atoms with van der Waals surface area (Å²) in [6.07, 6.45) is 2.81. The van der Waals surface area contributed by atoms with Crippen LogP contribution in [0.1, 0.15) is 31.4 Å². The first-order valence-corrected chi connectivity index (χ1v) is 6.96. The van der Waals surface area contributed by atoms with Crippen molar-refractivity contribution in [2.75, 3.05) is 7.05 Å². The molecule has 1 aliphatic carbocycles. The van der Waals surface area contributed by atoms with Gasteiger partial charge < -0.3 is 5.32 Å². The molecule has 0 heterocycles. The van der Waals surface area contributed by atoms with Crippen LogP contribution >= 0.6 is 0 Å².